The Balaban J connectivity index is 1.17. The van der Waals surface area contributed by atoms with Crippen LogP contribution in [-0.4, -0.2) is 9.13 Å². The van der Waals surface area contributed by atoms with Crippen LogP contribution in [0.15, 0.2) is 170 Å². The smallest absolute Gasteiger partial charge is 0.0562 e. The highest BCUT2D eigenvalue weighted by Gasteiger charge is 2.19. The molecule has 0 saturated heterocycles. The zero-order chi connectivity index (χ0) is 32.1. The standard InChI is InChI=1S/C46H28N2S/c1-2-10-29(11-3-1)30-18-20-33(21-19-30)47-41-16-8-6-14-35(41)38-27-39-36-15-7-9-17-42(36)48(44(39)28-43(38)47)34-22-23-37-40-24-31-12-4-5-13-32(31)25-45(40)49-46(37)26-34/h1-28H. The minimum atomic E-state index is 1.16. The van der Waals surface area contributed by atoms with Gasteiger partial charge in [0.15, 0.2) is 0 Å². The molecule has 0 radical (unpaired) electrons. The molecule has 0 saturated carbocycles. The van der Waals surface area contributed by atoms with E-state index in [9.17, 15) is 0 Å². The number of hydrogen-bond donors (Lipinski definition) is 0. The molecule has 228 valence electrons. The topological polar surface area (TPSA) is 9.86 Å². The van der Waals surface area contributed by atoms with Crippen LogP contribution in [0.1, 0.15) is 0 Å². The van der Waals surface area contributed by atoms with Gasteiger partial charge in [0, 0.05) is 53.1 Å². The van der Waals surface area contributed by atoms with Gasteiger partial charge in [0.1, 0.15) is 0 Å². The maximum Gasteiger partial charge on any atom is 0.0562 e. The van der Waals surface area contributed by atoms with Crippen molar-refractivity contribution in [3.63, 3.8) is 0 Å². The molecule has 0 fully saturated rings. The van der Waals surface area contributed by atoms with Gasteiger partial charge in [-0.25, -0.2) is 0 Å². The Bertz CT molecular complexity index is 3090. The first kappa shape index (κ1) is 26.9. The largest absolute Gasteiger partial charge is 0.309 e. The fourth-order valence-electron chi connectivity index (χ4n) is 8.01. The van der Waals surface area contributed by atoms with E-state index in [2.05, 4.69) is 179 Å². The Morgan fingerprint density at radius 3 is 1.57 bits per heavy atom. The van der Waals surface area contributed by atoms with Gasteiger partial charge in [-0.3, -0.25) is 0 Å². The van der Waals surface area contributed by atoms with Gasteiger partial charge in [-0.15, -0.1) is 11.3 Å². The van der Waals surface area contributed by atoms with Crippen molar-refractivity contribution in [2.45, 2.75) is 0 Å². The SMILES string of the molecule is c1ccc(-c2ccc(-n3c4ccccc4c4cc5c6ccccc6n(-c6ccc7c(c6)sc6cc8ccccc8cc67)c5cc43)cc2)cc1. The Hall–Kier alpha value is -6.16. The normalized spacial score (nSPS) is 12.1. The molecular weight excluding hydrogens is 613 g/mol. The molecule has 3 heteroatoms. The van der Waals surface area contributed by atoms with Crippen LogP contribution < -0.4 is 0 Å². The number of thiophene rings is 1. The van der Waals surface area contributed by atoms with Crippen LogP contribution in [0.2, 0.25) is 0 Å². The van der Waals surface area contributed by atoms with Gasteiger partial charge in [0.2, 0.25) is 0 Å². The average molecular weight is 641 g/mol. The van der Waals surface area contributed by atoms with E-state index < -0.39 is 0 Å². The third kappa shape index (κ3) is 3.94. The van der Waals surface area contributed by atoms with Crippen LogP contribution in [0.4, 0.5) is 0 Å². The van der Waals surface area contributed by atoms with Crippen molar-refractivity contribution in [3.8, 4) is 22.5 Å². The van der Waals surface area contributed by atoms with Crippen LogP contribution in [0.5, 0.6) is 0 Å². The first-order valence-corrected chi connectivity index (χ1v) is 17.6. The predicted octanol–water partition coefficient (Wildman–Crippen LogP) is 13.1. The number of rotatable bonds is 3. The van der Waals surface area contributed by atoms with E-state index in [-0.39, 0.29) is 0 Å². The summed E-state index contributed by atoms with van der Waals surface area (Å²) in [6.45, 7) is 0. The number of fused-ring (bicyclic) bond motifs is 10. The molecule has 0 bridgehead atoms. The van der Waals surface area contributed by atoms with E-state index >= 15 is 0 Å². The molecule has 0 aliphatic rings. The highest BCUT2D eigenvalue weighted by Crippen LogP contribution is 2.42. The van der Waals surface area contributed by atoms with Crippen LogP contribution in [0.3, 0.4) is 0 Å². The second-order valence-electron chi connectivity index (χ2n) is 13.0. The molecule has 3 heterocycles. The Morgan fingerprint density at radius 2 is 0.857 bits per heavy atom. The summed E-state index contributed by atoms with van der Waals surface area (Å²) in [4.78, 5) is 0. The second-order valence-corrected chi connectivity index (χ2v) is 14.1. The highest BCUT2D eigenvalue weighted by molar-refractivity contribution is 7.25. The van der Waals surface area contributed by atoms with E-state index in [4.69, 9.17) is 0 Å². The van der Waals surface area contributed by atoms with Crippen LogP contribution >= 0.6 is 11.3 Å². The molecule has 49 heavy (non-hydrogen) atoms. The van der Waals surface area contributed by atoms with Crippen LogP contribution in [0.25, 0.3) is 97.1 Å². The molecule has 8 aromatic carbocycles. The monoisotopic (exact) mass is 640 g/mol. The summed E-state index contributed by atoms with van der Waals surface area (Å²) in [6.07, 6.45) is 0. The van der Waals surface area contributed by atoms with Gasteiger partial charge in [-0.05, 0) is 82.6 Å². The summed E-state index contributed by atoms with van der Waals surface area (Å²) >= 11 is 1.89. The summed E-state index contributed by atoms with van der Waals surface area (Å²) in [5.41, 5.74) is 9.65. The lowest BCUT2D eigenvalue weighted by Crippen LogP contribution is -1.96. The number of benzene rings is 8. The first-order chi connectivity index (χ1) is 24.3. The summed E-state index contributed by atoms with van der Waals surface area (Å²) in [7, 11) is 0. The summed E-state index contributed by atoms with van der Waals surface area (Å²) in [6, 6.07) is 62.5. The maximum absolute atomic E-state index is 2.46. The van der Waals surface area contributed by atoms with Gasteiger partial charge in [-0.1, -0.05) is 109 Å². The average Bonchev–Trinajstić information content (AvgIpc) is 3.80. The quantitative estimate of drug-likeness (QED) is 0.182. The number of para-hydroxylation sites is 2. The molecule has 2 nitrogen and oxygen atoms in total. The lowest BCUT2D eigenvalue weighted by Gasteiger charge is -2.11. The number of aromatic nitrogens is 2. The van der Waals surface area contributed by atoms with Gasteiger partial charge in [-0.2, -0.15) is 0 Å². The van der Waals surface area contributed by atoms with Gasteiger partial charge in [0.25, 0.3) is 0 Å². The molecule has 11 rings (SSSR count). The van der Waals surface area contributed by atoms with Crippen molar-refractivity contribution < 1.29 is 0 Å². The summed E-state index contributed by atoms with van der Waals surface area (Å²) < 4.78 is 7.53. The van der Waals surface area contributed by atoms with Crippen molar-refractivity contribution in [2.75, 3.05) is 0 Å². The first-order valence-electron chi connectivity index (χ1n) is 16.8. The Labute approximate surface area is 286 Å². The fourth-order valence-corrected chi connectivity index (χ4v) is 9.18. The van der Waals surface area contributed by atoms with Crippen molar-refractivity contribution >= 4 is 85.9 Å². The van der Waals surface area contributed by atoms with Crippen LogP contribution in [-0.2, 0) is 0 Å². The van der Waals surface area contributed by atoms with Gasteiger partial charge in [0.05, 0.1) is 22.1 Å². The predicted molar refractivity (Wildman–Crippen MR) is 211 cm³/mol. The molecule has 0 atom stereocenters. The van der Waals surface area contributed by atoms with Crippen molar-refractivity contribution in [1.29, 1.82) is 0 Å². The lowest BCUT2D eigenvalue weighted by atomic mass is 10.1. The second kappa shape index (κ2) is 10.2. The van der Waals surface area contributed by atoms with E-state index in [1.807, 2.05) is 11.3 Å². The maximum atomic E-state index is 2.46. The molecule has 0 aliphatic heterocycles. The molecule has 3 aromatic heterocycles. The van der Waals surface area contributed by atoms with E-state index in [1.54, 1.807) is 0 Å². The van der Waals surface area contributed by atoms with Crippen molar-refractivity contribution in [3.05, 3.63) is 170 Å². The molecule has 0 amide bonds. The Kier molecular flexibility index (Phi) is 5.57. The number of hydrogen-bond acceptors (Lipinski definition) is 1. The molecule has 0 spiro atoms. The van der Waals surface area contributed by atoms with E-state index in [0.29, 0.717) is 0 Å². The van der Waals surface area contributed by atoms with Gasteiger partial charge >= 0.3 is 0 Å². The molecule has 0 unspecified atom stereocenters. The van der Waals surface area contributed by atoms with Crippen LogP contribution in [0, 0.1) is 0 Å². The minimum Gasteiger partial charge on any atom is -0.309 e. The molecule has 0 N–H and O–H groups in total. The highest BCUT2D eigenvalue weighted by atomic mass is 32.1. The van der Waals surface area contributed by atoms with Crippen molar-refractivity contribution in [1.82, 2.24) is 9.13 Å². The van der Waals surface area contributed by atoms with Gasteiger partial charge < -0.3 is 9.13 Å². The third-order valence-electron chi connectivity index (χ3n) is 10.3. The minimum absolute atomic E-state index is 1.16. The lowest BCUT2D eigenvalue weighted by molar-refractivity contribution is 1.17. The van der Waals surface area contributed by atoms with E-state index in [1.165, 1.54) is 91.4 Å². The zero-order valence-corrected chi connectivity index (χ0v) is 27.3. The summed E-state index contributed by atoms with van der Waals surface area (Å²) in [5, 5.41) is 10.3. The summed E-state index contributed by atoms with van der Waals surface area (Å²) in [5.74, 6) is 0. The Morgan fingerprint density at radius 1 is 0.306 bits per heavy atom. The van der Waals surface area contributed by atoms with Crippen molar-refractivity contribution in [2.24, 2.45) is 0 Å². The number of nitrogens with zero attached hydrogens (tertiary/aromatic N) is 2. The van der Waals surface area contributed by atoms with E-state index in [0.717, 1.165) is 5.69 Å². The zero-order valence-electron chi connectivity index (χ0n) is 26.5. The fraction of sp³-hybridized carbons (Fsp3) is 0. The molecular formula is C46H28N2S. The molecule has 0 aliphatic carbocycles. The third-order valence-corrected chi connectivity index (χ3v) is 11.4. The molecule has 11 aromatic rings.